The summed E-state index contributed by atoms with van der Waals surface area (Å²) in [7, 11) is 0. The van der Waals surface area contributed by atoms with Crippen LogP contribution in [-0.4, -0.2) is 15.0 Å². The first-order chi connectivity index (χ1) is 5.20. The summed E-state index contributed by atoms with van der Waals surface area (Å²) in [4.78, 5) is 10.8. The smallest absolute Gasteiger partial charge is 0.308 e. The fourth-order valence-corrected chi connectivity index (χ4v) is 3.46. The van der Waals surface area contributed by atoms with E-state index >= 15 is 0 Å². The van der Waals surface area contributed by atoms with Gasteiger partial charge < -0.3 is 5.11 Å². The Labute approximate surface area is 78.8 Å². The van der Waals surface area contributed by atoms with E-state index in [0.29, 0.717) is 15.8 Å². The second-order valence-electron chi connectivity index (χ2n) is 3.26. The average molecular weight is 264 g/mol. The van der Waals surface area contributed by atoms with Gasteiger partial charge in [-0.25, -0.2) is 0 Å². The van der Waals surface area contributed by atoms with Gasteiger partial charge >= 0.3 is 5.97 Å². The molecule has 1 N–H and O–H groups in total. The molecule has 2 bridgehead atoms. The van der Waals surface area contributed by atoms with Gasteiger partial charge in [0.25, 0.3) is 0 Å². The van der Waals surface area contributed by atoms with E-state index in [1.165, 1.54) is 0 Å². The molecule has 0 aromatic rings. The van der Waals surface area contributed by atoms with E-state index in [1.54, 1.807) is 0 Å². The van der Waals surface area contributed by atoms with Gasteiger partial charge in [0.2, 0.25) is 0 Å². The number of alkyl halides is 1. The molecule has 1 fully saturated rings. The van der Waals surface area contributed by atoms with Crippen molar-refractivity contribution in [1.29, 1.82) is 0 Å². The molecule has 2 aliphatic carbocycles. The molecule has 2 rings (SSSR count). The Bertz CT molecular complexity index is 224. The van der Waals surface area contributed by atoms with Crippen molar-refractivity contribution in [1.82, 2.24) is 0 Å². The number of halogens is 1. The maximum Gasteiger partial charge on any atom is 0.308 e. The lowest BCUT2D eigenvalue weighted by molar-refractivity contribution is -0.142. The first-order valence-corrected chi connectivity index (χ1v) is 5.00. The summed E-state index contributed by atoms with van der Waals surface area (Å²) in [5, 5.41) is 8.87. The fraction of sp³-hybridized carbons (Fsp3) is 0.625. The highest BCUT2D eigenvalue weighted by atomic mass is 127. The molecule has 0 amide bonds. The molecule has 11 heavy (non-hydrogen) atoms. The van der Waals surface area contributed by atoms with Crippen molar-refractivity contribution in [3.05, 3.63) is 12.2 Å². The molecule has 0 spiro atoms. The van der Waals surface area contributed by atoms with Crippen LogP contribution in [0.2, 0.25) is 0 Å². The first kappa shape index (κ1) is 7.58. The van der Waals surface area contributed by atoms with E-state index < -0.39 is 5.97 Å². The number of aliphatic carboxylic acids is 1. The molecule has 0 radical (unpaired) electrons. The average Bonchev–Trinajstić information content (AvgIpc) is 2.44. The van der Waals surface area contributed by atoms with Crippen LogP contribution in [0.15, 0.2) is 12.2 Å². The molecule has 4 atom stereocenters. The monoisotopic (exact) mass is 264 g/mol. The summed E-state index contributed by atoms with van der Waals surface area (Å²) in [5.41, 5.74) is 0. The third-order valence-electron chi connectivity index (χ3n) is 2.65. The lowest BCUT2D eigenvalue weighted by atomic mass is 9.94. The van der Waals surface area contributed by atoms with Crippen LogP contribution in [0.5, 0.6) is 0 Å². The van der Waals surface area contributed by atoms with Crippen molar-refractivity contribution in [2.75, 3.05) is 0 Å². The Morgan fingerprint density at radius 2 is 2.09 bits per heavy atom. The number of hydrogen-bond acceptors (Lipinski definition) is 1. The van der Waals surface area contributed by atoms with Crippen LogP contribution < -0.4 is 0 Å². The minimum atomic E-state index is -0.624. The Hall–Kier alpha value is -0.0600. The van der Waals surface area contributed by atoms with Gasteiger partial charge in [-0.05, 0) is 18.3 Å². The molecule has 2 nitrogen and oxygen atoms in total. The quantitative estimate of drug-likeness (QED) is 0.444. The number of rotatable bonds is 1. The zero-order valence-corrected chi connectivity index (χ0v) is 8.06. The van der Waals surface area contributed by atoms with E-state index in [0.717, 1.165) is 6.42 Å². The summed E-state index contributed by atoms with van der Waals surface area (Å²) in [6, 6.07) is 0. The van der Waals surface area contributed by atoms with Crippen LogP contribution in [0.3, 0.4) is 0 Å². The highest BCUT2D eigenvalue weighted by Gasteiger charge is 2.46. The second kappa shape index (κ2) is 2.47. The van der Waals surface area contributed by atoms with Crippen molar-refractivity contribution in [3.63, 3.8) is 0 Å². The highest BCUT2D eigenvalue weighted by molar-refractivity contribution is 14.1. The number of carbonyl (C=O) groups is 1. The van der Waals surface area contributed by atoms with Crippen molar-refractivity contribution < 1.29 is 9.90 Å². The summed E-state index contributed by atoms with van der Waals surface area (Å²) in [5.74, 6) is 0.105. The van der Waals surface area contributed by atoms with Gasteiger partial charge in [0, 0.05) is 3.92 Å². The number of hydrogen-bond donors (Lipinski definition) is 1. The third-order valence-corrected chi connectivity index (χ3v) is 4.35. The normalized spacial score (nSPS) is 46.6. The molecule has 3 heteroatoms. The lowest BCUT2D eigenvalue weighted by Gasteiger charge is -2.18. The van der Waals surface area contributed by atoms with Gasteiger partial charge in [0.1, 0.15) is 0 Å². The molecule has 4 unspecified atom stereocenters. The fourth-order valence-electron chi connectivity index (χ4n) is 2.08. The van der Waals surface area contributed by atoms with E-state index in [2.05, 4.69) is 34.7 Å². The molecule has 2 aliphatic rings. The number of carboxylic acid groups (broad SMARTS) is 1. The van der Waals surface area contributed by atoms with Crippen molar-refractivity contribution in [2.24, 2.45) is 17.8 Å². The maximum atomic E-state index is 10.8. The molecular weight excluding hydrogens is 255 g/mol. The van der Waals surface area contributed by atoms with Gasteiger partial charge in [-0.3, -0.25) is 4.79 Å². The van der Waals surface area contributed by atoms with Gasteiger partial charge in [-0.1, -0.05) is 34.7 Å². The molecule has 60 valence electrons. The minimum absolute atomic E-state index is 0.120. The van der Waals surface area contributed by atoms with Gasteiger partial charge in [-0.15, -0.1) is 0 Å². The summed E-state index contributed by atoms with van der Waals surface area (Å²) in [6.45, 7) is 0. The van der Waals surface area contributed by atoms with Crippen molar-refractivity contribution in [2.45, 2.75) is 10.3 Å². The van der Waals surface area contributed by atoms with E-state index in [9.17, 15) is 4.79 Å². The molecule has 0 aromatic heterocycles. The highest BCUT2D eigenvalue weighted by Crippen LogP contribution is 2.47. The van der Waals surface area contributed by atoms with E-state index in [4.69, 9.17) is 5.11 Å². The van der Waals surface area contributed by atoms with Crippen LogP contribution in [0.25, 0.3) is 0 Å². The summed E-state index contributed by atoms with van der Waals surface area (Å²) in [6.07, 6.45) is 5.30. The summed E-state index contributed by atoms with van der Waals surface area (Å²) >= 11 is 2.27. The van der Waals surface area contributed by atoms with Crippen molar-refractivity contribution in [3.8, 4) is 0 Å². The zero-order valence-electron chi connectivity index (χ0n) is 5.90. The summed E-state index contributed by atoms with van der Waals surface area (Å²) < 4.78 is 0.320. The standard InChI is InChI=1S/C8H9IO2/c9-7-5-2-1-4(3-5)6(7)8(10)11/h1-2,4-7H,3H2,(H,10,11). The van der Waals surface area contributed by atoms with Gasteiger partial charge in [-0.2, -0.15) is 0 Å². The predicted molar refractivity (Wildman–Crippen MR) is 49.7 cm³/mol. The van der Waals surface area contributed by atoms with Gasteiger partial charge in [0.15, 0.2) is 0 Å². The van der Waals surface area contributed by atoms with Crippen LogP contribution in [-0.2, 0) is 4.79 Å². The molecule has 0 aliphatic heterocycles. The predicted octanol–water partition coefficient (Wildman–Crippen LogP) is 1.70. The third kappa shape index (κ3) is 1.01. The van der Waals surface area contributed by atoms with Crippen molar-refractivity contribution >= 4 is 28.6 Å². The molecular formula is C8H9IO2. The SMILES string of the molecule is O=C(O)C1C2C=CC(C2)C1I. The lowest BCUT2D eigenvalue weighted by Crippen LogP contribution is -2.27. The Morgan fingerprint density at radius 1 is 1.45 bits per heavy atom. The zero-order chi connectivity index (χ0) is 8.01. The Kier molecular flexibility index (Phi) is 1.70. The van der Waals surface area contributed by atoms with Crippen LogP contribution in [0, 0.1) is 17.8 Å². The molecule has 0 heterocycles. The molecule has 1 saturated carbocycles. The number of fused-ring (bicyclic) bond motifs is 2. The Morgan fingerprint density at radius 3 is 2.45 bits per heavy atom. The number of allylic oxidation sites excluding steroid dienone is 2. The van der Waals surface area contributed by atoms with Crippen LogP contribution >= 0.6 is 22.6 Å². The largest absolute Gasteiger partial charge is 0.481 e. The van der Waals surface area contributed by atoms with Gasteiger partial charge in [0.05, 0.1) is 5.92 Å². The second-order valence-corrected chi connectivity index (χ2v) is 4.70. The number of carboxylic acids is 1. The van der Waals surface area contributed by atoms with E-state index in [-0.39, 0.29) is 5.92 Å². The van der Waals surface area contributed by atoms with Crippen LogP contribution in [0.1, 0.15) is 6.42 Å². The molecule has 0 saturated heterocycles. The molecule has 0 aromatic carbocycles. The van der Waals surface area contributed by atoms with Crippen LogP contribution in [0.4, 0.5) is 0 Å². The maximum absolute atomic E-state index is 10.8. The minimum Gasteiger partial charge on any atom is -0.481 e. The Balaban J connectivity index is 2.25. The van der Waals surface area contributed by atoms with E-state index in [1.807, 2.05) is 0 Å². The first-order valence-electron chi connectivity index (χ1n) is 3.75. The topological polar surface area (TPSA) is 37.3 Å².